The lowest BCUT2D eigenvalue weighted by Gasteiger charge is -2.10. The minimum Gasteiger partial charge on any atom is -0.491 e. The molecule has 0 saturated heterocycles. The average molecular weight is 447 g/mol. The zero-order chi connectivity index (χ0) is 20.4. The van der Waals surface area contributed by atoms with Gasteiger partial charge in [-0.25, -0.2) is 0 Å². The first kappa shape index (κ1) is 19.8. The monoisotopic (exact) mass is 446 g/mol. The maximum absolute atomic E-state index is 12.8. The van der Waals surface area contributed by atoms with Gasteiger partial charge < -0.3 is 4.74 Å². The predicted octanol–water partition coefficient (Wildman–Crippen LogP) is 4.71. The molecule has 4 rings (SSSR count). The van der Waals surface area contributed by atoms with Gasteiger partial charge in [0.1, 0.15) is 5.75 Å². The number of hydrogen-bond acceptors (Lipinski definition) is 5. The fourth-order valence-corrected chi connectivity index (χ4v) is 4.08. The molecule has 148 valence electrons. The van der Waals surface area contributed by atoms with E-state index in [0.717, 1.165) is 5.52 Å². The molecule has 6 nitrogen and oxygen atoms in total. The first-order valence-corrected chi connectivity index (χ1v) is 10.5. The lowest BCUT2D eigenvalue weighted by Crippen LogP contribution is -2.22. The molecule has 0 unspecified atom stereocenters. The number of halogens is 2. The van der Waals surface area contributed by atoms with Gasteiger partial charge in [-0.15, -0.1) is 16.8 Å². The third kappa shape index (κ3) is 3.85. The van der Waals surface area contributed by atoms with Crippen LogP contribution in [0.15, 0.2) is 65.1 Å². The zero-order valence-electron chi connectivity index (χ0n) is 15.2. The number of para-hydroxylation sites is 1. The van der Waals surface area contributed by atoms with Crippen LogP contribution in [0.2, 0.25) is 10.0 Å². The molecular weight excluding hydrogens is 431 g/mol. The fourth-order valence-electron chi connectivity index (χ4n) is 2.99. The van der Waals surface area contributed by atoms with Crippen LogP contribution >= 0.6 is 35.0 Å². The fraction of sp³-hybridized carbons (Fsp3) is 0.150. The Kier molecular flexibility index (Phi) is 5.80. The SMILES string of the molecule is C=CCn1c(=O)c2ccccc2n2c(SCCOc3cc(Cl)ccc3Cl)nnc12. The Balaban J connectivity index is 1.62. The van der Waals surface area contributed by atoms with Crippen LogP contribution in [0.1, 0.15) is 0 Å². The molecular formula is C20H16Cl2N4O2S. The second-order valence-electron chi connectivity index (χ2n) is 6.11. The van der Waals surface area contributed by atoms with E-state index in [0.29, 0.717) is 51.0 Å². The van der Waals surface area contributed by atoms with Crippen molar-refractivity contribution in [3.05, 3.63) is 75.5 Å². The van der Waals surface area contributed by atoms with Crippen molar-refractivity contribution in [1.29, 1.82) is 0 Å². The summed E-state index contributed by atoms with van der Waals surface area (Å²) in [6, 6.07) is 12.5. The van der Waals surface area contributed by atoms with E-state index in [4.69, 9.17) is 27.9 Å². The number of rotatable bonds is 7. The maximum Gasteiger partial charge on any atom is 0.263 e. The number of nitrogens with zero attached hydrogens (tertiary/aromatic N) is 4. The van der Waals surface area contributed by atoms with Crippen LogP contribution in [0.5, 0.6) is 5.75 Å². The number of benzene rings is 2. The van der Waals surface area contributed by atoms with Gasteiger partial charge in [0.05, 0.1) is 22.5 Å². The van der Waals surface area contributed by atoms with Crippen molar-refractivity contribution in [2.24, 2.45) is 0 Å². The molecule has 0 aliphatic heterocycles. The number of fused-ring (bicyclic) bond motifs is 3. The molecule has 0 fully saturated rings. The standard InChI is InChI=1S/C20H16Cl2N4O2S/c1-2-9-25-18(27)14-5-3-4-6-16(14)26-19(25)23-24-20(26)29-11-10-28-17-12-13(21)7-8-15(17)22/h2-8,12H,1,9-11H2. The highest BCUT2D eigenvalue weighted by Gasteiger charge is 2.16. The van der Waals surface area contributed by atoms with Gasteiger partial charge in [-0.05, 0) is 24.3 Å². The van der Waals surface area contributed by atoms with Gasteiger partial charge in [-0.3, -0.25) is 13.8 Å². The molecule has 2 aromatic carbocycles. The molecule has 0 atom stereocenters. The van der Waals surface area contributed by atoms with Crippen LogP contribution in [0.4, 0.5) is 0 Å². The first-order chi connectivity index (χ1) is 14.1. The molecule has 0 spiro atoms. The summed E-state index contributed by atoms with van der Waals surface area (Å²) in [5.41, 5.74) is 0.648. The third-order valence-corrected chi connectivity index (χ3v) is 5.70. The Bertz CT molecular complexity index is 1270. The second-order valence-corrected chi connectivity index (χ2v) is 8.02. The quantitative estimate of drug-likeness (QED) is 0.233. The highest BCUT2D eigenvalue weighted by molar-refractivity contribution is 7.99. The van der Waals surface area contributed by atoms with Crippen LogP contribution in [0, 0.1) is 0 Å². The van der Waals surface area contributed by atoms with Crippen molar-refractivity contribution < 1.29 is 4.74 Å². The molecule has 0 N–H and O–H groups in total. The minimum absolute atomic E-state index is 0.115. The van der Waals surface area contributed by atoms with Crippen molar-refractivity contribution in [2.75, 3.05) is 12.4 Å². The van der Waals surface area contributed by atoms with Gasteiger partial charge in [0.15, 0.2) is 5.16 Å². The molecule has 0 aliphatic rings. The van der Waals surface area contributed by atoms with E-state index in [-0.39, 0.29) is 5.56 Å². The molecule has 0 saturated carbocycles. The molecule has 0 radical (unpaired) electrons. The summed E-state index contributed by atoms with van der Waals surface area (Å²) in [5.74, 6) is 1.63. The summed E-state index contributed by atoms with van der Waals surface area (Å²) in [4.78, 5) is 12.8. The second kappa shape index (κ2) is 8.49. The normalized spacial score (nSPS) is 11.2. The molecule has 9 heteroatoms. The van der Waals surface area contributed by atoms with Crippen LogP contribution in [0.25, 0.3) is 16.7 Å². The smallest absolute Gasteiger partial charge is 0.263 e. The molecule has 0 aliphatic carbocycles. The number of aromatic nitrogens is 4. The largest absolute Gasteiger partial charge is 0.491 e. The summed E-state index contributed by atoms with van der Waals surface area (Å²) in [7, 11) is 0. The summed E-state index contributed by atoms with van der Waals surface area (Å²) in [6.07, 6.45) is 1.67. The molecule has 29 heavy (non-hydrogen) atoms. The topological polar surface area (TPSA) is 61.4 Å². The van der Waals surface area contributed by atoms with E-state index >= 15 is 0 Å². The van der Waals surface area contributed by atoms with Crippen LogP contribution in [0.3, 0.4) is 0 Å². The Hall–Kier alpha value is -2.48. The van der Waals surface area contributed by atoms with E-state index in [1.165, 1.54) is 11.8 Å². The number of allylic oxidation sites excluding steroid dienone is 1. The van der Waals surface area contributed by atoms with E-state index in [1.807, 2.05) is 22.6 Å². The Morgan fingerprint density at radius 3 is 2.83 bits per heavy atom. The highest BCUT2D eigenvalue weighted by atomic mass is 35.5. The number of hydrogen-bond donors (Lipinski definition) is 0. The van der Waals surface area contributed by atoms with Gasteiger partial charge in [-0.2, -0.15) is 0 Å². The summed E-state index contributed by atoms with van der Waals surface area (Å²) in [6.45, 7) is 4.49. The Morgan fingerprint density at radius 2 is 2.00 bits per heavy atom. The van der Waals surface area contributed by atoms with Crippen molar-refractivity contribution in [2.45, 2.75) is 11.7 Å². The van der Waals surface area contributed by atoms with Crippen molar-refractivity contribution in [3.8, 4) is 5.75 Å². The van der Waals surface area contributed by atoms with E-state index in [2.05, 4.69) is 16.8 Å². The Labute approximate surface area is 180 Å². The van der Waals surface area contributed by atoms with E-state index in [9.17, 15) is 4.79 Å². The van der Waals surface area contributed by atoms with Crippen molar-refractivity contribution in [3.63, 3.8) is 0 Å². The van der Waals surface area contributed by atoms with Crippen molar-refractivity contribution in [1.82, 2.24) is 19.2 Å². The minimum atomic E-state index is -0.115. The summed E-state index contributed by atoms with van der Waals surface area (Å²) < 4.78 is 9.18. The molecule has 0 amide bonds. The zero-order valence-corrected chi connectivity index (χ0v) is 17.5. The van der Waals surface area contributed by atoms with Crippen LogP contribution in [-0.2, 0) is 6.54 Å². The lowest BCUT2D eigenvalue weighted by atomic mass is 10.2. The number of ether oxygens (including phenoxy) is 1. The molecule has 0 bridgehead atoms. The van der Waals surface area contributed by atoms with Gasteiger partial charge in [0, 0.05) is 23.4 Å². The predicted molar refractivity (Wildman–Crippen MR) is 118 cm³/mol. The third-order valence-electron chi connectivity index (χ3n) is 4.26. The van der Waals surface area contributed by atoms with E-state index < -0.39 is 0 Å². The maximum atomic E-state index is 12.8. The highest BCUT2D eigenvalue weighted by Crippen LogP contribution is 2.28. The van der Waals surface area contributed by atoms with Gasteiger partial charge >= 0.3 is 0 Å². The molecule has 2 aromatic heterocycles. The Morgan fingerprint density at radius 1 is 1.17 bits per heavy atom. The van der Waals surface area contributed by atoms with E-state index in [1.54, 1.807) is 34.9 Å². The van der Waals surface area contributed by atoms with Gasteiger partial charge in [-0.1, -0.05) is 53.2 Å². The van der Waals surface area contributed by atoms with Crippen LogP contribution < -0.4 is 10.3 Å². The molecule has 2 heterocycles. The van der Waals surface area contributed by atoms with Gasteiger partial charge in [0.2, 0.25) is 5.78 Å². The lowest BCUT2D eigenvalue weighted by molar-refractivity contribution is 0.344. The first-order valence-electron chi connectivity index (χ1n) is 8.78. The van der Waals surface area contributed by atoms with Gasteiger partial charge in [0.25, 0.3) is 5.56 Å². The van der Waals surface area contributed by atoms with Crippen molar-refractivity contribution >= 4 is 51.6 Å². The number of thioether (sulfide) groups is 1. The summed E-state index contributed by atoms with van der Waals surface area (Å²) in [5, 5.41) is 10.9. The van der Waals surface area contributed by atoms with Crippen LogP contribution in [-0.4, -0.2) is 31.5 Å². The average Bonchev–Trinajstić information content (AvgIpc) is 3.15. The summed E-state index contributed by atoms with van der Waals surface area (Å²) >= 11 is 13.6. The molecule has 4 aromatic rings.